The van der Waals surface area contributed by atoms with Gasteiger partial charge < -0.3 is 10.2 Å². The zero-order valence-corrected chi connectivity index (χ0v) is 10.3. The fourth-order valence-corrected chi connectivity index (χ4v) is 3.13. The fourth-order valence-electron chi connectivity index (χ4n) is 3.13. The maximum absolute atomic E-state index is 3.53. The van der Waals surface area contributed by atoms with Crippen molar-refractivity contribution in [2.24, 2.45) is 0 Å². The van der Waals surface area contributed by atoms with Gasteiger partial charge in [0.25, 0.3) is 0 Å². The zero-order chi connectivity index (χ0) is 10.7. The van der Waals surface area contributed by atoms with Crippen molar-refractivity contribution < 1.29 is 0 Å². The van der Waals surface area contributed by atoms with Crippen LogP contribution in [-0.2, 0) is 0 Å². The van der Waals surface area contributed by atoms with E-state index in [4.69, 9.17) is 0 Å². The van der Waals surface area contributed by atoms with Gasteiger partial charge in [0.1, 0.15) is 0 Å². The second kappa shape index (κ2) is 4.81. The summed E-state index contributed by atoms with van der Waals surface area (Å²) in [5.41, 5.74) is 0.548. The first-order valence-corrected chi connectivity index (χ1v) is 6.33. The third-order valence-electron chi connectivity index (χ3n) is 4.00. The Hall–Kier alpha value is -0.120. The summed E-state index contributed by atoms with van der Waals surface area (Å²) in [4.78, 5) is 5.03. The summed E-state index contributed by atoms with van der Waals surface area (Å²) < 4.78 is 0. The van der Waals surface area contributed by atoms with Crippen molar-refractivity contribution in [3.05, 3.63) is 0 Å². The predicted molar refractivity (Wildman–Crippen MR) is 64.2 cm³/mol. The molecule has 2 heterocycles. The summed E-state index contributed by atoms with van der Waals surface area (Å²) in [6, 6.07) is 0. The van der Waals surface area contributed by atoms with Gasteiger partial charge in [-0.1, -0.05) is 0 Å². The van der Waals surface area contributed by atoms with E-state index in [2.05, 4.69) is 29.2 Å². The highest BCUT2D eigenvalue weighted by Crippen LogP contribution is 2.34. The maximum atomic E-state index is 3.53. The van der Waals surface area contributed by atoms with Crippen molar-refractivity contribution in [3.63, 3.8) is 0 Å². The Bertz CT molecular complexity index is 192. The Balaban J connectivity index is 1.80. The number of nitrogens with one attached hydrogen (secondary N) is 1. The summed E-state index contributed by atoms with van der Waals surface area (Å²) in [5.74, 6) is 0. The smallest absolute Gasteiger partial charge is 0.0346 e. The first kappa shape index (κ1) is 11.4. The largest absolute Gasteiger partial charge is 0.315 e. The quantitative estimate of drug-likeness (QED) is 0.741. The molecular weight excluding hydrogens is 186 g/mol. The third-order valence-corrected chi connectivity index (χ3v) is 4.00. The van der Waals surface area contributed by atoms with Gasteiger partial charge >= 0.3 is 0 Å². The Morgan fingerprint density at radius 3 is 2.87 bits per heavy atom. The molecule has 2 aliphatic rings. The Morgan fingerprint density at radius 2 is 2.20 bits per heavy atom. The van der Waals surface area contributed by atoms with Gasteiger partial charge in [0.15, 0.2) is 0 Å². The lowest BCUT2D eigenvalue weighted by Gasteiger charge is -2.34. The van der Waals surface area contributed by atoms with Crippen LogP contribution < -0.4 is 5.32 Å². The molecule has 3 nitrogen and oxygen atoms in total. The van der Waals surface area contributed by atoms with Gasteiger partial charge in [0, 0.05) is 12.1 Å². The van der Waals surface area contributed by atoms with E-state index in [-0.39, 0.29) is 0 Å². The van der Waals surface area contributed by atoms with Crippen LogP contribution in [-0.4, -0.2) is 62.2 Å². The summed E-state index contributed by atoms with van der Waals surface area (Å²) in [6.07, 6.45) is 5.51. The van der Waals surface area contributed by atoms with E-state index < -0.39 is 0 Å². The molecule has 0 aromatic rings. The first-order chi connectivity index (χ1) is 7.23. The molecule has 0 amide bonds. The molecule has 0 aromatic heterocycles. The van der Waals surface area contributed by atoms with E-state index in [1.54, 1.807) is 0 Å². The van der Waals surface area contributed by atoms with Gasteiger partial charge in [0.2, 0.25) is 0 Å². The number of likely N-dealkylation sites (tertiary alicyclic amines) is 1. The van der Waals surface area contributed by atoms with E-state index in [0.717, 1.165) is 0 Å². The molecule has 88 valence electrons. The van der Waals surface area contributed by atoms with Gasteiger partial charge in [-0.15, -0.1) is 0 Å². The molecule has 0 saturated carbocycles. The van der Waals surface area contributed by atoms with Crippen molar-refractivity contribution in [1.82, 2.24) is 15.1 Å². The van der Waals surface area contributed by atoms with Crippen molar-refractivity contribution in [3.8, 4) is 0 Å². The molecule has 2 aliphatic heterocycles. The molecule has 3 heteroatoms. The molecule has 1 unspecified atom stereocenters. The van der Waals surface area contributed by atoms with E-state index >= 15 is 0 Å². The second-order valence-electron chi connectivity index (χ2n) is 5.40. The van der Waals surface area contributed by atoms with E-state index in [0.29, 0.717) is 5.54 Å². The SMILES string of the molecule is CN(C)CCCN1CCCC12CCNC2. The highest BCUT2D eigenvalue weighted by Gasteiger charge is 2.42. The summed E-state index contributed by atoms with van der Waals surface area (Å²) in [5, 5.41) is 3.53. The normalized spacial score (nSPS) is 32.2. The van der Waals surface area contributed by atoms with Gasteiger partial charge in [-0.05, 0) is 66.0 Å². The van der Waals surface area contributed by atoms with Crippen LogP contribution in [0.1, 0.15) is 25.7 Å². The minimum atomic E-state index is 0.548. The molecule has 1 N–H and O–H groups in total. The molecule has 0 aliphatic carbocycles. The first-order valence-electron chi connectivity index (χ1n) is 6.33. The van der Waals surface area contributed by atoms with Crippen LogP contribution in [0, 0.1) is 0 Å². The lowest BCUT2D eigenvalue weighted by atomic mass is 9.95. The minimum absolute atomic E-state index is 0.548. The monoisotopic (exact) mass is 211 g/mol. The van der Waals surface area contributed by atoms with Crippen molar-refractivity contribution >= 4 is 0 Å². The number of nitrogens with zero attached hydrogens (tertiary/aromatic N) is 2. The Kier molecular flexibility index (Phi) is 3.65. The molecule has 2 fully saturated rings. The third kappa shape index (κ3) is 2.52. The topological polar surface area (TPSA) is 18.5 Å². The summed E-state index contributed by atoms with van der Waals surface area (Å²) in [7, 11) is 4.33. The number of hydrogen-bond donors (Lipinski definition) is 1. The zero-order valence-electron chi connectivity index (χ0n) is 10.3. The average Bonchev–Trinajstić information content (AvgIpc) is 2.79. The highest BCUT2D eigenvalue weighted by molar-refractivity contribution is 5.01. The maximum Gasteiger partial charge on any atom is 0.0346 e. The molecule has 0 aromatic carbocycles. The Labute approximate surface area is 93.8 Å². The fraction of sp³-hybridized carbons (Fsp3) is 1.00. The van der Waals surface area contributed by atoms with Gasteiger partial charge in [-0.25, -0.2) is 0 Å². The highest BCUT2D eigenvalue weighted by atomic mass is 15.3. The van der Waals surface area contributed by atoms with Crippen LogP contribution in [0.4, 0.5) is 0 Å². The molecule has 0 bridgehead atoms. The van der Waals surface area contributed by atoms with Crippen LogP contribution in [0.15, 0.2) is 0 Å². The molecule has 0 radical (unpaired) electrons. The minimum Gasteiger partial charge on any atom is -0.315 e. The van der Waals surface area contributed by atoms with Gasteiger partial charge in [0.05, 0.1) is 0 Å². The van der Waals surface area contributed by atoms with Crippen LogP contribution in [0.2, 0.25) is 0 Å². The molecule has 15 heavy (non-hydrogen) atoms. The van der Waals surface area contributed by atoms with Gasteiger partial charge in [-0.2, -0.15) is 0 Å². The average molecular weight is 211 g/mol. The predicted octanol–water partition coefficient (Wildman–Crippen LogP) is 0.766. The van der Waals surface area contributed by atoms with Crippen molar-refractivity contribution in [2.45, 2.75) is 31.2 Å². The summed E-state index contributed by atoms with van der Waals surface area (Å²) in [6.45, 7) is 6.30. The summed E-state index contributed by atoms with van der Waals surface area (Å²) >= 11 is 0. The Morgan fingerprint density at radius 1 is 1.33 bits per heavy atom. The van der Waals surface area contributed by atoms with Crippen LogP contribution in [0.25, 0.3) is 0 Å². The number of rotatable bonds is 4. The van der Waals surface area contributed by atoms with E-state index in [9.17, 15) is 0 Å². The van der Waals surface area contributed by atoms with Crippen LogP contribution in [0.3, 0.4) is 0 Å². The van der Waals surface area contributed by atoms with Crippen molar-refractivity contribution in [1.29, 1.82) is 0 Å². The van der Waals surface area contributed by atoms with E-state index in [1.165, 1.54) is 58.4 Å². The molecule has 2 rings (SSSR count). The molecule has 1 spiro atoms. The second-order valence-corrected chi connectivity index (χ2v) is 5.40. The standard InChI is InChI=1S/C12H25N3/c1-14(2)8-4-10-15-9-3-5-12(15)6-7-13-11-12/h13H,3-11H2,1-2H3. The van der Waals surface area contributed by atoms with Crippen LogP contribution in [0.5, 0.6) is 0 Å². The van der Waals surface area contributed by atoms with Gasteiger partial charge in [-0.3, -0.25) is 4.90 Å². The van der Waals surface area contributed by atoms with E-state index in [1.807, 2.05) is 0 Å². The van der Waals surface area contributed by atoms with Crippen LogP contribution >= 0.6 is 0 Å². The lowest BCUT2D eigenvalue weighted by Crippen LogP contribution is -2.46. The number of hydrogen-bond acceptors (Lipinski definition) is 3. The lowest BCUT2D eigenvalue weighted by molar-refractivity contribution is 0.150. The molecule has 2 saturated heterocycles. The molecular formula is C12H25N3. The van der Waals surface area contributed by atoms with Crippen molar-refractivity contribution in [2.75, 3.05) is 46.8 Å². The molecule has 1 atom stereocenters.